The van der Waals surface area contributed by atoms with Gasteiger partial charge in [-0.1, -0.05) is 36.4 Å². The average molecular weight is 317 g/mol. The molecule has 0 fully saturated rings. The van der Waals surface area contributed by atoms with Crippen LogP contribution in [0.3, 0.4) is 0 Å². The van der Waals surface area contributed by atoms with Crippen molar-refractivity contribution in [1.82, 2.24) is 4.98 Å². The van der Waals surface area contributed by atoms with Crippen LogP contribution in [0.2, 0.25) is 0 Å². The Morgan fingerprint density at radius 3 is 2.57 bits per heavy atom. The van der Waals surface area contributed by atoms with E-state index in [1.807, 2.05) is 42.7 Å². The number of thiophene rings is 1. The van der Waals surface area contributed by atoms with Gasteiger partial charge in [0.15, 0.2) is 0 Å². The third kappa shape index (κ3) is 3.10. The van der Waals surface area contributed by atoms with Crippen LogP contribution in [0.5, 0.6) is 5.75 Å². The molecule has 0 spiro atoms. The summed E-state index contributed by atoms with van der Waals surface area (Å²) in [7, 11) is 0. The highest BCUT2D eigenvalue weighted by molar-refractivity contribution is 7.22. The molecule has 0 unspecified atom stereocenters. The molecule has 0 N–H and O–H groups in total. The van der Waals surface area contributed by atoms with E-state index in [2.05, 4.69) is 41.4 Å². The van der Waals surface area contributed by atoms with Gasteiger partial charge in [-0.2, -0.15) is 0 Å². The fourth-order valence-electron chi connectivity index (χ4n) is 2.51. The van der Waals surface area contributed by atoms with Crippen LogP contribution in [-0.2, 0) is 6.61 Å². The molecule has 4 rings (SSSR count). The van der Waals surface area contributed by atoms with Crippen molar-refractivity contribution in [1.29, 1.82) is 0 Å². The van der Waals surface area contributed by atoms with Crippen molar-refractivity contribution in [2.45, 2.75) is 6.61 Å². The maximum atomic E-state index is 5.81. The quantitative estimate of drug-likeness (QED) is 0.493. The van der Waals surface area contributed by atoms with Crippen molar-refractivity contribution in [3.05, 3.63) is 84.7 Å². The van der Waals surface area contributed by atoms with E-state index in [-0.39, 0.29) is 0 Å². The van der Waals surface area contributed by atoms with Gasteiger partial charge in [0.25, 0.3) is 0 Å². The Kier molecular flexibility index (Phi) is 3.78. The Hall–Kier alpha value is -2.65. The Morgan fingerprint density at radius 1 is 0.870 bits per heavy atom. The molecule has 0 saturated heterocycles. The molecule has 0 atom stereocenters. The van der Waals surface area contributed by atoms with Crippen molar-refractivity contribution in [2.24, 2.45) is 0 Å². The Balaban J connectivity index is 1.58. The van der Waals surface area contributed by atoms with E-state index in [1.54, 1.807) is 11.3 Å². The molecule has 2 nitrogen and oxygen atoms in total. The Labute approximate surface area is 139 Å². The minimum absolute atomic E-state index is 0.524. The molecule has 3 heteroatoms. The van der Waals surface area contributed by atoms with Crippen LogP contribution in [0.25, 0.3) is 20.5 Å². The van der Waals surface area contributed by atoms with Crippen LogP contribution >= 0.6 is 11.3 Å². The Morgan fingerprint density at radius 2 is 1.70 bits per heavy atom. The molecular weight excluding hydrogens is 302 g/mol. The first-order valence-electron chi connectivity index (χ1n) is 7.49. The number of aromatic nitrogens is 1. The third-order valence-corrected chi connectivity index (χ3v) is 4.82. The summed E-state index contributed by atoms with van der Waals surface area (Å²) in [6, 6.07) is 22.7. The number of benzene rings is 2. The van der Waals surface area contributed by atoms with Crippen LogP contribution in [0.1, 0.15) is 5.56 Å². The van der Waals surface area contributed by atoms with Crippen LogP contribution in [0, 0.1) is 0 Å². The summed E-state index contributed by atoms with van der Waals surface area (Å²) in [6.45, 7) is 0.524. The van der Waals surface area contributed by atoms with E-state index < -0.39 is 0 Å². The Bertz CT molecular complexity index is 897. The number of rotatable bonds is 4. The standard InChI is InChI=1S/C20H15NOS/c1-2-7-18(8-3-1)22-14-15-10-17(13-21-12-15)20-11-16-6-4-5-9-19(16)23-20/h1-13H,14H2. The first kappa shape index (κ1) is 14.0. The third-order valence-electron chi connectivity index (χ3n) is 3.65. The molecule has 0 aliphatic carbocycles. The van der Waals surface area contributed by atoms with E-state index in [4.69, 9.17) is 4.74 Å². The summed E-state index contributed by atoms with van der Waals surface area (Å²) in [6.07, 6.45) is 3.77. The minimum atomic E-state index is 0.524. The SMILES string of the molecule is c1ccc(OCc2cncc(-c3cc4ccccc4s3)c2)cc1. The van der Waals surface area contributed by atoms with Crippen molar-refractivity contribution >= 4 is 21.4 Å². The second-order valence-electron chi connectivity index (χ2n) is 5.33. The number of fused-ring (bicyclic) bond motifs is 1. The van der Waals surface area contributed by atoms with Gasteiger partial charge in [-0.3, -0.25) is 4.98 Å². The summed E-state index contributed by atoms with van der Waals surface area (Å²) >= 11 is 1.79. The zero-order chi connectivity index (χ0) is 15.5. The molecular formula is C20H15NOS. The topological polar surface area (TPSA) is 22.1 Å². The number of hydrogen-bond donors (Lipinski definition) is 0. The number of nitrogens with zero attached hydrogens (tertiary/aromatic N) is 1. The second kappa shape index (κ2) is 6.23. The van der Waals surface area contributed by atoms with Gasteiger partial charge in [-0.25, -0.2) is 0 Å². The van der Waals surface area contributed by atoms with Crippen molar-refractivity contribution in [3.63, 3.8) is 0 Å². The largest absolute Gasteiger partial charge is 0.489 e. The highest BCUT2D eigenvalue weighted by Gasteiger charge is 2.06. The van der Waals surface area contributed by atoms with Crippen molar-refractivity contribution < 1.29 is 4.74 Å². The molecule has 2 aromatic carbocycles. The lowest BCUT2D eigenvalue weighted by Gasteiger charge is -2.06. The normalized spacial score (nSPS) is 10.8. The fraction of sp³-hybridized carbons (Fsp3) is 0.0500. The van der Waals surface area contributed by atoms with Gasteiger partial charge in [0.1, 0.15) is 12.4 Å². The lowest BCUT2D eigenvalue weighted by Crippen LogP contribution is -1.96. The number of para-hydroxylation sites is 1. The lowest BCUT2D eigenvalue weighted by molar-refractivity contribution is 0.306. The molecule has 112 valence electrons. The van der Waals surface area contributed by atoms with Gasteiger partial charge in [0.2, 0.25) is 0 Å². The number of pyridine rings is 1. The average Bonchev–Trinajstić information content (AvgIpc) is 3.05. The molecule has 0 radical (unpaired) electrons. The smallest absolute Gasteiger partial charge is 0.119 e. The zero-order valence-corrected chi connectivity index (χ0v) is 13.3. The van der Waals surface area contributed by atoms with E-state index in [9.17, 15) is 0 Å². The van der Waals surface area contributed by atoms with Gasteiger partial charge in [0, 0.05) is 33.1 Å². The number of ether oxygens (including phenoxy) is 1. The molecule has 0 aliphatic heterocycles. The first-order chi connectivity index (χ1) is 11.4. The molecule has 23 heavy (non-hydrogen) atoms. The lowest BCUT2D eigenvalue weighted by atomic mass is 10.1. The molecule has 0 aliphatic rings. The summed E-state index contributed by atoms with van der Waals surface area (Å²) in [5, 5.41) is 1.28. The molecule has 0 amide bonds. The fourth-order valence-corrected chi connectivity index (χ4v) is 3.55. The van der Waals surface area contributed by atoms with Crippen LogP contribution in [-0.4, -0.2) is 4.98 Å². The molecule has 2 heterocycles. The van der Waals surface area contributed by atoms with Gasteiger partial charge in [-0.05, 0) is 35.7 Å². The van der Waals surface area contributed by atoms with E-state index in [1.165, 1.54) is 15.0 Å². The minimum Gasteiger partial charge on any atom is -0.489 e. The highest BCUT2D eigenvalue weighted by Crippen LogP contribution is 2.33. The summed E-state index contributed by atoms with van der Waals surface area (Å²) < 4.78 is 7.10. The monoisotopic (exact) mass is 317 g/mol. The number of hydrogen-bond acceptors (Lipinski definition) is 3. The van der Waals surface area contributed by atoms with Gasteiger partial charge >= 0.3 is 0 Å². The maximum absolute atomic E-state index is 5.81. The molecule has 0 bridgehead atoms. The first-order valence-corrected chi connectivity index (χ1v) is 8.31. The predicted octanol–water partition coefficient (Wildman–Crippen LogP) is 5.54. The van der Waals surface area contributed by atoms with Crippen molar-refractivity contribution in [2.75, 3.05) is 0 Å². The van der Waals surface area contributed by atoms with Gasteiger partial charge < -0.3 is 4.74 Å². The molecule has 4 aromatic rings. The van der Waals surface area contributed by atoms with Crippen LogP contribution < -0.4 is 4.74 Å². The zero-order valence-electron chi connectivity index (χ0n) is 12.5. The van der Waals surface area contributed by atoms with Crippen molar-refractivity contribution in [3.8, 4) is 16.2 Å². The maximum Gasteiger partial charge on any atom is 0.119 e. The molecule has 0 saturated carbocycles. The summed E-state index contributed by atoms with van der Waals surface area (Å²) in [5.41, 5.74) is 2.21. The van der Waals surface area contributed by atoms with E-state index >= 15 is 0 Å². The van der Waals surface area contributed by atoms with Gasteiger partial charge in [-0.15, -0.1) is 11.3 Å². The van der Waals surface area contributed by atoms with Crippen LogP contribution in [0.15, 0.2) is 79.1 Å². The van der Waals surface area contributed by atoms with E-state index in [0.29, 0.717) is 6.61 Å². The summed E-state index contributed by atoms with van der Waals surface area (Å²) in [4.78, 5) is 5.61. The van der Waals surface area contributed by atoms with Gasteiger partial charge in [0.05, 0.1) is 0 Å². The predicted molar refractivity (Wildman–Crippen MR) is 95.8 cm³/mol. The highest BCUT2D eigenvalue weighted by atomic mass is 32.1. The second-order valence-corrected chi connectivity index (χ2v) is 6.42. The molecule has 2 aromatic heterocycles. The van der Waals surface area contributed by atoms with Crippen LogP contribution in [0.4, 0.5) is 0 Å². The summed E-state index contributed by atoms with van der Waals surface area (Å²) in [5.74, 6) is 0.875. The van der Waals surface area contributed by atoms with E-state index in [0.717, 1.165) is 16.9 Å².